The van der Waals surface area contributed by atoms with Crippen molar-refractivity contribution in [2.24, 2.45) is 11.8 Å². The van der Waals surface area contributed by atoms with Gasteiger partial charge in [0.25, 0.3) is 0 Å². The number of hydrogen-bond donors (Lipinski definition) is 0. The zero-order valence-electron chi connectivity index (χ0n) is 25.7. The van der Waals surface area contributed by atoms with Crippen LogP contribution in [0.25, 0.3) is 0 Å². The van der Waals surface area contributed by atoms with Crippen LogP contribution >= 0.6 is 0 Å². The van der Waals surface area contributed by atoms with Gasteiger partial charge in [-0.1, -0.05) is 71.6 Å². The minimum absolute atomic E-state index is 0.00257. The molecule has 0 N–H and O–H groups in total. The van der Waals surface area contributed by atoms with E-state index in [0.717, 1.165) is 50.9 Å². The molecule has 0 aliphatic carbocycles. The molecule has 0 aromatic rings. The first kappa shape index (κ1) is 33.6. The largest absolute Gasteiger partial charge is 0.466 e. The maximum absolute atomic E-state index is 12.1. The summed E-state index contributed by atoms with van der Waals surface area (Å²) in [7, 11) is 0. The minimum Gasteiger partial charge on any atom is -0.466 e. The number of nitrogens with zero attached hydrogens (tertiary/aromatic N) is 2. The summed E-state index contributed by atoms with van der Waals surface area (Å²) < 4.78 is 11.3. The molecular formula is C33H64N2O3. The highest BCUT2D eigenvalue weighted by Gasteiger charge is 2.34. The topological polar surface area (TPSA) is 42.0 Å². The fourth-order valence-corrected chi connectivity index (χ4v) is 6.45. The van der Waals surface area contributed by atoms with Crippen molar-refractivity contribution in [2.75, 3.05) is 52.5 Å². The summed E-state index contributed by atoms with van der Waals surface area (Å²) in [6.45, 7) is 15.4. The molecule has 2 aliphatic heterocycles. The van der Waals surface area contributed by atoms with Crippen LogP contribution in [0.4, 0.5) is 0 Å². The van der Waals surface area contributed by atoms with Gasteiger partial charge in [0.2, 0.25) is 0 Å². The second-order valence-electron chi connectivity index (χ2n) is 12.3. The number of carbonyl (C=O) groups is 1. The normalized spacial score (nSPS) is 21.3. The molecule has 0 aromatic heterocycles. The molecule has 38 heavy (non-hydrogen) atoms. The van der Waals surface area contributed by atoms with Gasteiger partial charge in [-0.25, -0.2) is 0 Å². The summed E-state index contributed by atoms with van der Waals surface area (Å²) in [6.07, 6.45) is 22.3. The Balaban J connectivity index is 1.50. The monoisotopic (exact) mass is 536 g/mol. The molecule has 2 fully saturated rings. The molecule has 3 atom stereocenters. The highest BCUT2D eigenvalue weighted by atomic mass is 16.5. The Morgan fingerprint density at radius 3 is 2.24 bits per heavy atom. The van der Waals surface area contributed by atoms with Gasteiger partial charge in [0.05, 0.1) is 13.2 Å². The maximum atomic E-state index is 12.1. The lowest BCUT2D eigenvalue weighted by Gasteiger charge is -2.24. The average molecular weight is 537 g/mol. The second-order valence-corrected chi connectivity index (χ2v) is 12.3. The zero-order valence-corrected chi connectivity index (χ0v) is 25.7. The van der Waals surface area contributed by atoms with E-state index >= 15 is 0 Å². The number of likely N-dealkylation sites (tertiary alicyclic amines) is 2. The van der Waals surface area contributed by atoms with Gasteiger partial charge >= 0.3 is 5.97 Å². The van der Waals surface area contributed by atoms with E-state index in [1.54, 1.807) is 0 Å². The van der Waals surface area contributed by atoms with Crippen molar-refractivity contribution >= 4 is 5.97 Å². The van der Waals surface area contributed by atoms with Crippen LogP contribution in [0.3, 0.4) is 0 Å². The van der Waals surface area contributed by atoms with E-state index in [4.69, 9.17) is 9.47 Å². The van der Waals surface area contributed by atoms with E-state index in [0.29, 0.717) is 19.1 Å². The van der Waals surface area contributed by atoms with Crippen molar-refractivity contribution in [1.29, 1.82) is 0 Å². The van der Waals surface area contributed by atoms with Gasteiger partial charge < -0.3 is 14.4 Å². The van der Waals surface area contributed by atoms with Crippen LogP contribution in [-0.4, -0.2) is 74.4 Å². The van der Waals surface area contributed by atoms with Crippen LogP contribution in [0, 0.1) is 11.8 Å². The molecule has 2 unspecified atom stereocenters. The molecule has 0 amide bonds. The molecule has 0 radical (unpaired) electrons. The van der Waals surface area contributed by atoms with Gasteiger partial charge in [-0.2, -0.15) is 0 Å². The van der Waals surface area contributed by atoms with Crippen molar-refractivity contribution in [3.05, 3.63) is 0 Å². The number of ether oxygens (including phenoxy) is 2. The van der Waals surface area contributed by atoms with Crippen molar-refractivity contribution in [3.8, 4) is 0 Å². The van der Waals surface area contributed by atoms with Crippen LogP contribution in [0.5, 0.6) is 0 Å². The van der Waals surface area contributed by atoms with E-state index < -0.39 is 0 Å². The summed E-state index contributed by atoms with van der Waals surface area (Å²) in [4.78, 5) is 17.4. The summed E-state index contributed by atoms with van der Waals surface area (Å²) in [5, 5.41) is 0. The van der Waals surface area contributed by atoms with Gasteiger partial charge in [-0.3, -0.25) is 9.69 Å². The second kappa shape index (κ2) is 22.1. The third-order valence-corrected chi connectivity index (χ3v) is 9.05. The van der Waals surface area contributed by atoms with E-state index in [1.165, 1.54) is 116 Å². The first-order valence-corrected chi connectivity index (χ1v) is 16.8. The predicted molar refractivity (Wildman–Crippen MR) is 161 cm³/mol. The van der Waals surface area contributed by atoms with E-state index in [1.807, 2.05) is 0 Å². The lowest BCUT2D eigenvalue weighted by Crippen LogP contribution is -2.34. The first-order chi connectivity index (χ1) is 18.6. The smallest absolute Gasteiger partial charge is 0.305 e. The number of esters is 1. The van der Waals surface area contributed by atoms with Crippen LogP contribution in [0.15, 0.2) is 0 Å². The lowest BCUT2D eigenvalue weighted by molar-refractivity contribution is -0.143. The average Bonchev–Trinajstić information content (AvgIpc) is 3.58. The number of unbranched alkanes of at least 4 members (excludes halogenated alkanes) is 10. The van der Waals surface area contributed by atoms with Crippen molar-refractivity contribution in [1.82, 2.24) is 9.80 Å². The quantitative estimate of drug-likeness (QED) is 0.0928. The highest BCUT2D eigenvalue weighted by Crippen LogP contribution is 2.32. The summed E-state index contributed by atoms with van der Waals surface area (Å²) in [6, 6.07) is 0.572. The Labute approximate surface area is 236 Å². The van der Waals surface area contributed by atoms with E-state index in [-0.39, 0.29) is 5.97 Å². The molecule has 0 bridgehead atoms. The summed E-state index contributed by atoms with van der Waals surface area (Å²) in [5.74, 6) is 1.60. The molecule has 2 rings (SSSR count). The van der Waals surface area contributed by atoms with Gasteiger partial charge in [0.15, 0.2) is 0 Å². The third kappa shape index (κ3) is 15.2. The van der Waals surface area contributed by atoms with Crippen molar-refractivity contribution in [3.63, 3.8) is 0 Å². The standard InChI is InChI=1S/C33H64N2O3/c1-4-6-7-8-9-10-11-12-18-26-38-33(36)21-14-13-15-25-35-28-31(27-32(35)29-37-5-2)30(3)20-19-24-34-22-16-17-23-34/h30-32H,4-29H2,1-3H3/t30?,31?,32-/m0/s1. The third-order valence-electron chi connectivity index (χ3n) is 9.05. The molecule has 2 saturated heterocycles. The van der Waals surface area contributed by atoms with Crippen LogP contribution in [0.2, 0.25) is 0 Å². The maximum Gasteiger partial charge on any atom is 0.305 e. The van der Waals surface area contributed by atoms with E-state index in [2.05, 4.69) is 30.6 Å². The van der Waals surface area contributed by atoms with Crippen molar-refractivity contribution < 1.29 is 14.3 Å². The SMILES string of the molecule is CCCCCCCCCCCOC(=O)CCCCCN1CC(C(C)CCCN2CCCC2)C[C@H]1COCC. The Bertz CT molecular complexity index is 566. The molecule has 0 saturated carbocycles. The molecule has 2 heterocycles. The minimum atomic E-state index is 0.00257. The molecular weight excluding hydrogens is 472 g/mol. The molecule has 0 aromatic carbocycles. The Morgan fingerprint density at radius 1 is 0.842 bits per heavy atom. The number of hydrogen-bond acceptors (Lipinski definition) is 5. The van der Waals surface area contributed by atoms with Gasteiger partial charge in [-0.05, 0) is 96.3 Å². The molecule has 0 spiro atoms. The Kier molecular flexibility index (Phi) is 19.5. The van der Waals surface area contributed by atoms with E-state index in [9.17, 15) is 4.79 Å². The number of rotatable bonds is 24. The van der Waals surface area contributed by atoms with Crippen LogP contribution in [-0.2, 0) is 14.3 Å². The fraction of sp³-hybridized carbons (Fsp3) is 0.970. The first-order valence-electron chi connectivity index (χ1n) is 16.8. The van der Waals surface area contributed by atoms with Gasteiger partial charge in [-0.15, -0.1) is 0 Å². The van der Waals surface area contributed by atoms with Gasteiger partial charge in [0, 0.05) is 25.6 Å². The van der Waals surface area contributed by atoms with Gasteiger partial charge in [0.1, 0.15) is 0 Å². The summed E-state index contributed by atoms with van der Waals surface area (Å²) >= 11 is 0. The molecule has 5 heteroatoms. The molecule has 5 nitrogen and oxygen atoms in total. The van der Waals surface area contributed by atoms with Crippen LogP contribution < -0.4 is 0 Å². The molecule has 2 aliphatic rings. The molecule has 224 valence electrons. The number of carbonyl (C=O) groups excluding carboxylic acids is 1. The Morgan fingerprint density at radius 2 is 1.53 bits per heavy atom. The lowest BCUT2D eigenvalue weighted by atomic mass is 9.88. The highest BCUT2D eigenvalue weighted by molar-refractivity contribution is 5.69. The summed E-state index contributed by atoms with van der Waals surface area (Å²) in [5.41, 5.74) is 0. The zero-order chi connectivity index (χ0) is 27.3. The fourth-order valence-electron chi connectivity index (χ4n) is 6.45. The van der Waals surface area contributed by atoms with Crippen LogP contribution in [0.1, 0.15) is 136 Å². The predicted octanol–water partition coefficient (Wildman–Crippen LogP) is 7.86. The Hall–Kier alpha value is -0.650. The van der Waals surface area contributed by atoms with Crippen molar-refractivity contribution in [2.45, 2.75) is 142 Å².